The summed E-state index contributed by atoms with van der Waals surface area (Å²) in [4.78, 5) is 2.45. The fourth-order valence-electron chi connectivity index (χ4n) is 5.20. The zero-order chi connectivity index (χ0) is 19.5. The standard InChI is InChI=1S/C22H23F3N2O.2ClH/c1-28-16-4-5-17(20(9-16)22(23,24)25)14-7-13-3-2-6-27-12-15-10-26-11-19(15)18(8-14)21(13)27;;/h4-5,7-9,15,19,26H,2-3,6,10-12H2,1H3;2*1H/t15-,19-;;/m1../s1. The third-order valence-electron chi connectivity index (χ3n) is 6.45. The van der Waals surface area contributed by atoms with Crippen LogP contribution in [-0.4, -0.2) is 33.3 Å². The lowest BCUT2D eigenvalue weighted by Crippen LogP contribution is -2.41. The third kappa shape index (κ3) is 3.74. The number of anilines is 1. The lowest BCUT2D eigenvalue weighted by Gasteiger charge is -2.42. The zero-order valence-corrected chi connectivity index (χ0v) is 18.2. The molecule has 0 saturated carbocycles. The minimum Gasteiger partial charge on any atom is -0.497 e. The van der Waals surface area contributed by atoms with Crippen molar-refractivity contribution in [2.24, 2.45) is 5.92 Å². The molecule has 0 radical (unpaired) electrons. The van der Waals surface area contributed by atoms with Crippen LogP contribution in [0.25, 0.3) is 11.1 Å². The molecule has 0 unspecified atom stereocenters. The van der Waals surface area contributed by atoms with E-state index in [1.807, 2.05) is 12.1 Å². The molecule has 8 heteroatoms. The topological polar surface area (TPSA) is 24.5 Å². The average molecular weight is 461 g/mol. The predicted octanol–water partition coefficient (Wildman–Crippen LogP) is 5.29. The van der Waals surface area contributed by atoms with Crippen LogP contribution < -0.4 is 15.0 Å². The Morgan fingerprint density at radius 1 is 1.10 bits per heavy atom. The molecule has 0 amide bonds. The lowest BCUT2D eigenvalue weighted by atomic mass is 9.78. The van der Waals surface area contributed by atoms with Crippen LogP contribution in [0.2, 0.25) is 0 Å². The second kappa shape index (κ2) is 8.48. The second-order valence-corrected chi connectivity index (χ2v) is 8.06. The molecule has 0 aromatic heterocycles. The number of aryl methyl sites for hydroxylation is 1. The highest BCUT2D eigenvalue weighted by molar-refractivity contribution is 5.85. The Bertz CT molecular complexity index is 935. The lowest BCUT2D eigenvalue weighted by molar-refractivity contribution is -0.137. The van der Waals surface area contributed by atoms with Gasteiger partial charge in [0.1, 0.15) is 5.75 Å². The van der Waals surface area contributed by atoms with Gasteiger partial charge in [-0.1, -0.05) is 6.07 Å². The number of hydrogen-bond acceptors (Lipinski definition) is 3. The number of methoxy groups -OCH3 is 1. The van der Waals surface area contributed by atoms with Gasteiger partial charge in [-0.25, -0.2) is 0 Å². The maximum Gasteiger partial charge on any atom is 0.417 e. The fraction of sp³-hybridized carbons (Fsp3) is 0.455. The molecule has 0 spiro atoms. The average Bonchev–Trinajstić information content (AvgIpc) is 3.15. The van der Waals surface area contributed by atoms with Crippen molar-refractivity contribution in [1.29, 1.82) is 0 Å². The van der Waals surface area contributed by atoms with E-state index >= 15 is 0 Å². The minimum absolute atomic E-state index is 0. The van der Waals surface area contributed by atoms with E-state index in [4.69, 9.17) is 4.74 Å². The van der Waals surface area contributed by atoms with E-state index in [1.54, 1.807) is 12.1 Å². The molecule has 2 aromatic rings. The van der Waals surface area contributed by atoms with E-state index in [2.05, 4.69) is 10.2 Å². The first kappa shape index (κ1) is 23.0. The summed E-state index contributed by atoms with van der Waals surface area (Å²) in [5.41, 5.74) is 3.95. The summed E-state index contributed by atoms with van der Waals surface area (Å²) in [6.07, 6.45) is -2.45. The molecule has 3 nitrogen and oxygen atoms in total. The summed E-state index contributed by atoms with van der Waals surface area (Å²) in [5.74, 6) is 1.14. The molecule has 1 saturated heterocycles. The first-order valence-corrected chi connectivity index (χ1v) is 9.84. The van der Waals surface area contributed by atoms with Crippen LogP contribution in [0.5, 0.6) is 5.75 Å². The van der Waals surface area contributed by atoms with E-state index < -0.39 is 11.7 Å². The smallest absolute Gasteiger partial charge is 0.417 e. The van der Waals surface area contributed by atoms with Crippen molar-refractivity contribution in [3.05, 3.63) is 47.0 Å². The number of halogens is 5. The highest BCUT2D eigenvalue weighted by Crippen LogP contribution is 2.48. The molecule has 2 atom stereocenters. The minimum atomic E-state index is -4.43. The Hall–Kier alpha value is -1.63. The molecule has 1 fully saturated rings. The van der Waals surface area contributed by atoms with Crippen molar-refractivity contribution in [3.8, 4) is 16.9 Å². The van der Waals surface area contributed by atoms with Crippen LogP contribution in [0.4, 0.5) is 18.9 Å². The van der Waals surface area contributed by atoms with Gasteiger partial charge in [-0.3, -0.25) is 0 Å². The van der Waals surface area contributed by atoms with Gasteiger partial charge in [0, 0.05) is 37.8 Å². The van der Waals surface area contributed by atoms with Crippen LogP contribution in [0.3, 0.4) is 0 Å². The molecule has 2 aromatic carbocycles. The molecule has 3 aliphatic heterocycles. The Morgan fingerprint density at radius 3 is 2.63 bits per heavy atom. The number of fused-ring (bicyclic) bond motifs is 2. The van der Waals surface area contributed by atoms with Gasteiger partial charge in [0.2, 0.25) is 0 Å². The molecule has 30 heavy (non-hydrogen) atoms. The molecule has 3 heterocycles. The number of rotatable bonds is 2. The maximum atomic E-state index is 13.8. The number of hydrogen-bond donors (Lipinski definition) is 1. The van der Waals surface area contributed by atoms with E-state index in [9.17, 15) is 13.2 Å². The summed E-state index contributed by atoms with van der Waals surface area (Å²) in [7, 11) is 1.39. The first-order valence-electron chi connectivity index (χ1n) is 9.84. The first-order chi connectivity index (χ1) is 13.5. The van der Waals surface area contributed by atoms with E-state index in [0.717, 1.165) is 45.1 Å². The van der Waals surface area contributed by atoms with E-state index in [-0.39, 0.29) is 36.1 Å². The Labute approximate surface area is 186 Å². The molecule has 164 valence electrons. The van der Waals surface area contributed by atoms with Gasteiger partial charge in [0.05, 0.1) is 12.7 Å². The molecule has 3 aliphatic rings. The molecule has 0 aliphatic carbocycles. The summed E-state index contributed by atoms with van der Waals surface area (Å²) >= 11 is 0. The SMILES string of the molecule is COc1ccc(-c2cc3c4c(c2)[C@@H]2CNC[C@@H]2CN4CCC3)c(C(F)(F)F)c1.Cl.Cl. The zero-order valence-electron chi connectivity index (χ0n) is 16.6. The van der Waals surface area contributed by atoms with Crippen LogP contribution in [0.1, 0.15) is 29.0 Å². The Morgan fingerprint density at radius 2 is 1.90 bits per heavy atom. The summed E-state index contributed by atoms with van der Waals surface area (Å²) in [6.45, 7) is 3.98. The molecule has 0 bridgehead atoms. The van der Waals surface area contributed by atoms with Crippen molar-refractivity contribution in [3.63, 3.8) is 0 Å². The number of nitrogens with one attached hydrogen (secondary N) is 1. The summed E-state index contributed by atoms with van der Waals surface area (Å²) < 4.78 is 46.4. The number of alkyl halides is 3. The quantitative estimate of drug-likeness (QED) is 0.658. The van der Waals surface area contributed by atoms with Gasteiger partial charge in [-0.15, -0.1) is 24.8 Å². The summed E-state index contributed by atoms with van der Waals surface area (Å²) in [5, 5.41) is 3.48. The van der Waals surface area contributed by atoms with Gasteiger partial charge in [0.25, 0.3) is 0 Å². The highest BCUT2D eigenvalue weighted by Gasteiger charge is 2.40. The van der Waals surface area contributed by atoms with Crippen molar-refractivity contribution >= 4 is 30.5 Å². The second-order valence-electron chi connectivity index (χ2n) is 8.06. The van der Waals surface area contributed by atoms with E-state index in [0.29, 0.717) is 17.4 Å². The van der Waals surface area contributed by atoms with Crippen LogP contribution in [0.15, 0.2) is 30.3 Å². The van der Waals surface area contributed by atoms with Crippen molar-refractivity contribution in [2.45, 2.75) is 24.9 Å². The van der Waals surface area contributed by atoms with Crippen molar-refractivity contribution in [2.75, 3.05) is 38.2 Å². The van der Waals surface area contributed by atoms with Crippen LogP contribution >= 0.6 is 24.8 Å². The van der Waals surface area contributed by atoms with Crippen molar-refractivity contribution < 1.29 is 17.9 Å². The predicted molar refractivity (Wildman–Crippen MR) is 118 cm³/mol. The number of benzene rings is 2. The number of nitrogens with zero attached hydrogens (tertiary/aromatic N) is 1. The number of ether oxygens (including phenoxy) is 1. The van der Waals surface area contributed by atoms with Gasteiger partial charge in [-0.2, -0.15) is 13.2 Å². The molecule has 5 rings (SSSR count). The molecular formula is C22H25Cl2F3N2O. The monoisotopic (exact) mass is 460 g/mol. The van der Waals surface area contributed by atoms with Gasteiger partial charge in [0.15, 0.2) is 0 Å². The normalized spacial score (nSPS) is 21.8. The maximum absolute atomic E-state index is 13.8. The largest absolute Gasteiger partial charge is 0.497 e. The van der Waals surface area contributed by atoms with E-state index in [1.165, 1.54) is 23.9 Å². The molecular weight excluding hydrogens is 436 g/mol. The Kier molecular flexibility index (Phi) is 6.51. The highest BCUT2D eigenvalue weighted by atomic mass is 35.5. The van der Waals surface area contributed by atoms with Gasteiger partial charge < -0.3 is 15.0 Å². The van der Waals surface area contributed by atoms with Crippen LogP contribution in [0, 0.1) is 5.92 Å². The Balaban J connectivity index is 0.00000128. The van der Waals surface area contributed by atoms with Gasteiger partial charge >= 0.3 is 6.18 Å². The third-order valence-corrected chi connectivity index (χ3v) is 6.45. The van der Waals surface area contributed by atoms with Crippen molar-refractivity contribution in [1.82, 2.24) is 5.32 Å². The van der Waals surface area contributed by atoms with Gasteiger partial charge in [-0.05, 0) is 65.3 Å². The summed E-state index contributed by atoms with van der Waals surface area (Å²) in [6, 6.07) is 8.25. The molecule has 1 N–H and O–H groups in total. The fourth-order valence-corrected chi connectivity index (χ4v) is 5.20. The van der Waals surface area contributed by atoms with Crippen LogP contribution in [-0.2, 0) is 12.6 Å².